The van der Waals surface area contributed by atoms with Crippen LogP contribution in [0.5, 0.6) is 0 Å². The molecule has 30 heavy (non-hydrogen) atoms. The number of piperazine rings is 1. The number of rotatable bonds is 5. The molecular formula is C22H23Cl2N5S. The maximum Gasteiger partial charge on any atom is 0.174 e. The van der Waals surface area contributed by atoms with Crippen LogP contribution in [0.15, 0.2) is 60.8 Å². The van der Waals surface area contributed by atoms with E-state index >= 15 is 0 Å². The van der Waals surface area contributed by atoms with Crippen LogP contribution in [-0.4, -0.2) is 50.9 Å². The zero-order valence-electron chi connectivity index (χ0n) is 16.5. The zero-order valence-corrected chi connectivity index (χ0v) is 18.8. The van der Waals surface area contributed by atoms with Crippen LogP contribution in [0.25, 0.3) is 0 Å². The lowest BCUT2D eigenvalue weighted by atomic mass is 10.2. The quantitative estimate of drug-likeness (QED) is 0.556. The third-order valence-electron chi connectivity index (χ3n) is 5.09. The lowest BCUT2D eigenvalue weighted by Crippen LogP contribution is -2.49. The van der Waals surface area contributed by atoms with E-state index in [2.05, 4.69) is 26.3 Å². The SMILES string of the molecule is S=C(Nc1ccn(Cc2ccc(Cl)cc2)n1)N1CCN(Cc2cccc(Cl)c2)CC1. The highest BCUT2D eigenvalue weighted by atomic mass is 35.5. The van der Waals surface area contributed by atoms with Gasteiger partial charge in [-0.1, -0.05) is 47.5 Å². The molecule has 0 atom stereocenters. The summed E-state index contributed by atoms with van der Waals surface area (Å²) in [5, 5.41) is 10.1. The highest BCUT2D eigenvalue weighted by Gasteiger charge is 2.19. The van der Waals surface area contributed by atoms with E-state index in [4.69, 9.17) is 35.4 Å². The maximum atomic E-state index is 6.09. The smallest absolute Gasteiger partial charge is 0.174 e. The first-order valence-electron chi connectivity index (χ1n) is 9.86. The van der Waals surface area contributed by atoms with Crippen LogP contribution < -0.4 is 5.32 Å². The zero-order chi connectivity index (χ0) is 20.9. The second kappa shape index (κ2) is 9.79. The number of hydrogen-bond acceptors (Lipinski definition) is 3. The first kappa shape index (κ1) is 21.1. The number of halogens is 2. The molecule has 2 aromatic carbocycles. The molecule has 5 nitrogen and oxygen atoms in total. The van der Waals surface area contributed by atoms with Gasteiger partial charge in [0.25, 0.3) is 0 Å². The molecule has 1 aromatic heterocycles. The summed E-state index contributed by atoms with van der Waals surface area (Å²) in [4.78, 5) is 4.62. The molecule has 3 aromatic rings. The summed E-state index contributed by atoms with van der Waals surface area (Å²) in [6.45, 7) is 5.28. The van der Waals surface area contributed by atoms with E-state index in [1.54, 1.807) is 0 Å². The third kappa shape index (κ3) is 5.73. The lowest BCUT2D eigenvalue weighted by Gasteiger charge is -2.36. The summed E-state index contributed by atoms with van der Waals surface area (Å²) in [7, 11) is 0. The standard InChI is InChI=1S/C22H23Cl2N5S/c23-19-6-4-17(5-7-19)16-29-9-8-21(26-29)25-22(30)28-12-10-27(11-13-28)15-18-2-1-3-20(24)14-18/h1-9,14H,10-13,15-16H2,(H,25,26,30). The van der Waals surface area contributed by atoms with Gasteiger partial charge in [-0.2, -0.15) is 5.10 Å². The van der Waals surface area contributed by atoms with Gasteiger partial charge in [0, 0.05) is 55.0 Å². The molecule has 0 saturated carbocycles. The number of anilines is 1. The Morgan fingerprint density at radius 1 is 0.900 bits per heavy atom. The number of aromatic nitrogens is 2. The Balaban J connectivity index is 1.26. The average molecular weight is 460 g/mol. The molecule has 0 spiro atoms. The first-order valence-corrected chi connectivity index (χ1v) is 11.0. The van der Waals surface area contributed by atoms with Crippen LogP contribution in [0.3, 0.4) is 0 Å². The monoisotopic (exact) mass is 459 g/mol. The van der Waals surface area contributed by atoms with Crippen molar-refractivity contribution in [3.05, 3.63) is 82.0 Å². The van der Waals surface area contributed by atoms with Crippen molar-refractivity contribution in [3.63, 3.8) is 0 Å². The fraction of sp³-hybridized carbons (Fsp3) is 0.273. The average Bonchev–Trinajstić information content (AvgIpc) is 3.17. The van der Waals surface area contributed by atoms with Gasteiger partial charge in [-0.3, -0.25) is 9.58 Å². The van der Waals surface area contributed by atoms with Crippen molar-refractivity contribution >= 4 is 46.4 Å². The van der Waals surface area contributed by atoms with Gasteiger partial charge in [0.1, 0.15) is 0 Å². The molecule has 1 fully saturated rings. The van der Waals surface area contributed by atoms with Crippen molar-refractivity contribution in [1.82, 2.24) is 19.6 Å². The van der Waals surface area contributed by atoms with E-state index < -0.39 is 0 Å². The van der Waals surface area contributed by atoms with Crippen LogP contribution in [0.1, 0.15) is 11.1 Å². The molecule has 1 N–H and O–H groups in total. The number of hydrogen-bond donors (Lipinski definition) is 1. The van der Waals surface area contributed by atoms with Crippen molar-refractivity contribution in [2.45, 2.75) is 13.1 Å². The van der Waals surface area contributed by atoms with Gasteiger partial charge in [0.05, 0.1) is 6.54 Å². The summed E-state index contributed by atoms with van der Waals surface area (Å²) >= 11 is 17.6. The number of nitrogens with zero attached hydrogens (tertiary/aromatic N) is 4. The van der Waals surface area contributed by atoms with Gasteiger partial charge >= 0.3 is 0 Å². The summed E-state index contributed by atoms with van der Waals surface area (Å²) in [5.41, 5.74) is 2.38. The molecule has 0 amide bonds. The predicted molar refractivity (Wildman–Crippen MR) is 127 cm³/mol. The Bertz CT molecular complexity index is 997. The van der Waals surface area contributed by atoms with Gasteiger partial charge in [0.2, 0.25) is 0 Å². The summed E-state index contributed by atoms with van der Waals surface area (Å²) in [6.07, 6.45) is 1.95. The minimum absolute atomic E-state index is 0.688. The first-order chi connectivity index (χ1) is 14.5. The number of nitrogens with one attached hydrogen (secondary N) is 1. The molecule has 1 aliphatic rings. The van der Waals surface area contributed by atoms with Crippen molar-refractivity contribution in [1.29, 1.82) is 0 Å². The highest BCUT2D eigenvalue weighted by Crippen LogP contribution is 2.15. The molecule has 0 unspecified atom stereocenters. The number of thiocarbonyl (C=S) groups is 1. The van der Waals surface area contributed by atoms with Gasteiger partial charge in [-0.15, -0.1) is 0 Å². The van der Waals surface area contributed by atoms with Crippen molar-refractivity contribution < 1.29 is 0 Å². The normalized spacial score (nSPS) is 14.7. The fourth-order valence-electron chi connectivity index (χ4n) is 3.48. The summed E-state index contributed by atoms with van der Waals surface area (Å²) in [6, 6.07) is 17.8. The van der Waals surface area contributed by atoms with Gasteiger partial charge < -0.3 is 10.2 Å². The Hall–Kier alpha value is -2.12. The maximum absolute atomic E-state index is 6.09. The van der Waals surface area contributed by atoms with E-state index in [-0.39, 0.29) is 0 Å². The van der Waals surface area contributed by atoms with Crippen LogP contribution in [0.4, 0.5) is 5.82 Å². The molecular weight excluding hydrogens is 437 g/mol. The fourth-order valence-corrected chi connectivity index (χ4v) is 4.11. The molecule has 0 aliphatic carbocycles. The van der Waals surface area contributed by atoms with Gasteiger partial charge in [0.15, 0.2) is 10.9 Å². The van der Waals surface area contributed by atoms with E-state index in [1.165, 1.54) is 5.56 Å². The van der Waals surface area contributed by atoms with E-state index in [9.17, 15) is 0 Å². The van der Waals surface area contributed by atoms with Gasteiger partial charge in [-0.25, -0.2) is 0 Å². The Kier molecular flexibility index (Phi) is 6.89. The molecule has 0 bridgehead atoms. The minimum Gasteiger partial charge on any atom is -0.346 e. The van der Waals surface area contributed by atoms with Crippen LogP contribution in [0.2, 0.25) is 10.0 Å². The Morgan fingerprint density at radius 2 is 1.67 bits per heavy atom. The summed E-state index contributed by atoms with van der Waals surface area (Å²) < 4.78 is 1.89. The molecule has 0 radical (unpaired) electrons. The van der Waals surface area contributed by atoms with Crippen molar-refractivity contribution in [2.24, 2.45) is 0 Å². The van der Waals surface area contributed by atoms with E-state index in [0.29, 0.717) is 11.7 Å². The largest absolute Gasteiger partial charge is 0.346 e. The second-order valence-electron chi connectivity index (χ2n) is 7.35. The molecule has 2 heterocycles. The van der Waals surface area contributed by atoms with Crippen LogP contribution in [-0.2, 0) is 13.1 Å². The highest BCUT2D eigenvalue weighted by molar-refractivity contribution is 7.80. The van der Waals surface area contributed by atoms with E-state index in [1.807, 2.05) is 59.4 Å². The van der Waals surface area contributed by atoms with E-state index in [0.717, 1.165) is 54.2 Å². The van der Waals surface area contributed by atoms with Crippen LogP contribution >= 0.6 is 35.4 Å². The minimum atomic E-state index is 0.688. The Labute approximate surface area is 192 Å². The van der Waals surface area contributed by atoms with Gasteiger partial charge in [-0.05, 0) is 47.6 Å². The van der Waals surface area contributed by atoms with Crippen molar-refractivity contribution in [2.75, 3.05) is 31.5 Å². The van der Waals surface area contributed by atoms with Crippen LogP contribution in [0, 0.1) is 0 Å². The third-order valence-corrected chi connectivity index (χ3v) is 5.94. The Morgan fingerprint density at radius 3 is 2.40 bits per heavy atom. The number of benzene rings is 2. The molecule has 4 rings (SSSR count). The predicted octanol–water partition coefficient (Wildman–Crippen LogP) is 4.75. The molecule has 8 heteroatoms. The second-order valence-corrected chi connectivity index (χ2v) is 8.61. The summed E-state index contributed by atoms with van der Waals surface area (Å²) in [5.74, 6) is 0.760. The molecule has 1 saturated heterocycles. The van der Waals surface area contributed by atoms with Crippen molar-refractivity contribution in [3.8, 4) is 0 Å². The topological polar surface area (TPSA) is 36.3 Å². The molecule has 156 valence electrons. The molecule has 1 aliphatic heterocycles. The lowest BCUT2D eigenvalue weighted by molar-refractivity contribution is 0.177.